The van der Waals surface area contributed by atoms with E-state index in [1.807, 2.05) is 30.3 Å². The van der Waals surface area contributed by atoms with Crippen LogP contribution in [-0.2, 0) is 9.59 Å². The Morgan fingerprint density at radius 2 is 1.70 bits per heavy atom. The molecule has 0 bridgehead atoms. The molecule has 23 heavy (non-hydrogen) atoms. The van der Waals surface area contributed by atoms with Crippen molar-refractivity contribution in [2.45, 2.75) is 13.0 Å². The van der Waals surface area contributed by atoms with Crippen LogP contribution in [0, 0.1) is 0 Å². The summed E-state index contributed by atoms with van der Waals surface area (Å²) in [6.45, 7) is 1.78. The average Bonchev–Trinajstić information content (AvgIpc) is 2.57. The second kappa shape index (κ2) is 7.74. The number of benzene rings is 2. The molecule has 6 heteroatoms. The minimum Gasteiger partial charge on any atom is -0.507 e. The van der Waals surface area contributed by atoms with Gasteiger partial charge in [0.05, 0.1) is 12.3 Å². The van der Waals surface area contributed by atoms with E-state index in [1.54, 1.807) is 25.1 Å². The molecule has 0 saturated carbocycles. The topological polar surface area (TPSA) is 90.8 Å². The number of hydrazone groups is 1. The summed E-state index contributed by atoms with van der Waals surface area (Å²) in [6, 6.07) is 15.5. The van der Waals surface area contributed by atoms with Crippen LogP contribution in [0.25, 0.3) is 0 Å². The highest BCUT2D eigenvalue weighted by atomic mass is 16.3. The van der Waals surface area contributed by atoms with E-state index in [9.17, 15) is 14.7 Å². The summed E-state index contributed by atoms with van der Waals surface area (Å²) < 4.78 is 0. The Hall–Kier alpha value is -3.15. The number of nitrogens with one attached hydrogen (secondary N) is 2. The number of aromatic hydroxyl groups is 1. The van der Waals surface area contributed by atoms with Crippen LogP contribution in [-0.4, -0.2) is 23.1 Å². The van der Waals surface area contributed by atoms with E-state index in [-0.39, 0.29) is 11.8 Å². The fraction of sp³-hybridized carbons (Fsp3) is 0.118. The Kier molecular flexibility index (Phi) is 5.46. The summed E-state index contributed by atoms with van der Waals surface area (Å²) in [5.41, 5.74) is 3.45. The summed E-state index contributed by atoms with van der Waals surface area (Å²) in [6.07, 6.45) is 1.27. The van der Waals surface area contributed by atoms with E-state index in [0.717, 1.165) is 5.56 Å². The van der Waals surface area contributed by atoms with Crippen molar-refractivity contribution in [3.8, 4) is 5.75 Å². The molecule has 0 fully saturated rings. The molecule has 1 unspecified atom stereocenters. The van der Waals surface area contributed by atoms with Gasteiger partial charge in [-0.15, -0.1) is 0 Å². The molecule has 0 radical (unpaired) electrons. The first-order chi connectivity index (χ1) is 11.1. The molecule has 2 aromatic carbocycles. The van der Waals surface area contributed by atoms with Gasteiger partial charge in [0.25, 0.3) is 0 Å². The molecule has 0 aliphatic carbocycles. The molecule has 118 valence electrons. The van der Waals surface area contributed by atoms with E-state index < -0.39 is 11.8 Å². The summed E-state index contributed by atoms with van der Waals surface area (Å²) >= 11 is 0. The number of para-hydroxylation sites is 1. The summed E-state index contributed by atoms with van der Waals surface area (Å²) in [5, 5.41) is 15.8. The van der Waals surface area contributed by atoms with Gasteiger partial charge in [-0.3, -0.25) is 9.59 Å². The number of phenols is 1. The molecule has 0 spiro atoms. The number of amides is 2. The maximum Gasteiger partial charge on any atom is 0.329 e. The summed E-state index contributed by atoms with van der Waals surface area (Å²) in [7, 11) is 0. The van der Waals surface area contributed by atoms with Gasteiger partial charge >= 0.3 is 11.8 Å². The van der Waals surface area contributed by atoms with Crippen molar-refractivity contribution in [1.29, 1.82) is 0 Å². The molecule has 6 nitrogen and oxygen atoms in total. The van der Waals surface area contributed by atoms with Crippen LogP contribution in [0.3, 0.4) is 0 Å². The quantitative estimate of drug-likeness (QED) is 0.456. The maximum atomic E-state index is 11.8. The lowest BCUT2D eigenvalue weighted by molar-refractivity contribution is -0.139. The van der Waals surface area contributed by atoms with Crippen LogP contribution in [0.2, 0.25) is 0 Å². The van der Waals surface area contributed by atoms with E-state index in [2.05, 4.69) is 15.8 Å². The predicted molar refractivity (Wildman–Crippen MR) is 86.8 cm³/mol. The Morgan fingerprint density at radius 1 is 1.04 bits per heavy atom. The van der Waals surface area contributed by atoms with Gasteiger partial charge in [-0.1, -0.05) is 42.5 Å². The van der Waals surface area contributed by atoms with Crippen LogP contribution in [0.1, 0.15) is 24.1 Å². The van der Waals surface area contributed by atoms with Crippen LogP contribution < -0.4 is 10.7 Å². The molecule has 0 aromatic heterocycles. The van der Waals surface area contributed by atoms with Crippen LogP contribution in [0.5, 0.6) is 5.75 Å². The zero-order valence-corrected chi connectivity index (χ0v) is 12.6. The second-order valence-corrected chi connectivity index (χ2v) is 4.86. The molecule has 2 amide bonds. The number of phenolic OH excluding ortho intramolecular Hbond substituents is 1. The van der Waals surface area contributed by atoms with Crippen LogP contribution >= 0.6 is 0 Å². The van der Waals surface area contributed by atoms with Crippen molar-refractivity contribution in [2.24, 2.45) is 5.10 Å². The fourth-order valence-corrected chi connectivity index (χ4v) is 1.90. The summed E-state index contributed by atoms with van der Waals surface area (Å²) in [5.74, 6) is -1.62. The number of rotatable bonds is 4. The Morgan fingerprint density at radius 3 is 2.39 bits per heavy atom. The van der Waals surface area contributed by atoms with E-state index >= 15 is 0 Å². The molecule has 1 atom stereocenters. The third-order valence-electron chi connectivity index (χ3n) is 3.16. The van der Waals surface area contributed by atoms with Gasteiger partial charge in [-0.25, -0.2) is 5.43 Å². The monoisotopic (exact) mass is 311 g/mol. The largest absolute Gasteiger partial charge is 0.507 e. The van der Waals surface area contributed by atoms with Crippen molar-refractivity contribution in [3.05, 3.63) is 65.7 Å². The van der Waals surface area contributed by atoms with Gasteiger partial charge in [-0.2, -0.15) is 5.10 Å². The smallest absolute Gasteiger partial charge is 0.329 e. The van der Waals surface area contributed by atoms with Gasteiger partial charge in [0.1, 0.15) is 5.75 Å². The van der Waals surface area contributed by atoms with Crippen molar-refractivity contribution >= 4 is 18.0 Å². The molecule has 2 rings (SSSR count). The molecule has 0 aliphatic heterocycles. The predicted octanol–water partition coefficient (Wildman–Crippen LogP) is 1.72. The van der Waals surface area contributed by atoms with E-state index in [0.29, 0.717) is 5.56 Å². The second-order valence-electron chi connectivity index (χ2n) is 4.86. The molecule has 0 saturated heterocycles. The number of carbonyl (C=O) groups excluding carboxylic acids is 2. The molecule has 0 heterocycles. The SMILES string of the molecule is CC(NC(=O)C(=O)N/N=C\c1ccccc1O)c1ccccc1. The number of carbonyl (C=O) groups is 2. The summed E-state index contributed by atoms with van der Waals surface area (Å²) in [4.78, 5) is 23.5. The van der Waals surface area contributed by atoms with E-state index in [1.165, 1.54) is 12.3 Å². The van der Waals surface area contributed by atoms with Gasteiger partial charge < -0.3 is 10.4 Å². The maximum absolute atomic E-state index is 11.8. The van der Waals surface area contributed by atoms with Gasteiger partial charge in [-0.05, 0) is 24.6 Å². The van der Waals surface area contributed by atoms with Gasteiger partial charge in [0, 0.05) is 5.56 Å². The molecule has 0 aliphatic rings. The standard InChI is InChI=1S/C17H17N3O3/c1-12(13-7-3-2-4-8-13)19-16(22)17(23)20-18-11-14-9-5-6-10-15(14)21/h2-12,21H,1H3,(H,19,22)(H,20,23)/b18-11-. The molecule has 2 aromatic rings. The van der Waals surface area contributed by atoms with Crippen molar-refractivity contribution in [2.75, 3.05) is 0 Å². The third-order valence-corrected chi connectivity index (χ3v) is 3.16. The van der Waals surface area contributed by atoms with Gasteiger partial charge in [0.15, 0.2) is 0 Å². The van der Waals surface area contributed by atoms with Crippen molar-refractivity contribution in [1.82, 2.24) is 10.7 Å². The zero-order chi connectivity index (χ0) is 16.7. The zero-order valence-electron chi connectivity index (χ0n) is 12.6. The van der Waals surface area contributed by atoms with Crippen molar-refractivity contribution in [3.63, 3.8) is 0 Å². The Labute approximate surface area is 133 Å². The minimum atomic E-state index is -0.876. The number of hydrogen-bond donors (Lipinski definition) is 3. The third kappa shape index (κ3) is 4.67. The van der Waals surface area contributed by atoms with Crippen molar-refractivity contribution < 1.29 is 14.7 Å². The molecular formula is C17H17N3O3. The highest BCUT2D eigenvalue weighted by molar-refractivity contribution is 6.35. The normalized spacial score (nSPS) is 11.9. The lowest BCUT2D eigenvalue weighted by Crippen LogP contribution is -2.39. The van der Waals surface area contributed by atoms with E-state index in [4.69, 9.17) is 0 Å². The highest BCUT2D eigenvalue weighted by Crippen LogP contribution is 2.12. The lowest BCUT2D eigenvalue weighted by atomic mass is 10.1. The minimum absolute atomic E-state index is 0.0349. The lowest BCUT2D eigenvalue weighted by Gasteiger charge is -2.13. The fourth-order valence-electron chi connectivity index (χ4n) is 1.90. The van der Waals surface area contributed by atoms with Gasteiger partial charge in [0.2, 0.25) is 0 Å². The highest BCUT2D eigenvalue weighted by Gasteiger charge is 2.16. The van der Waals surface area contributed by atoms with Crippen LogP contribution in [0.15, 0.2) is 59.7 Å². The van der Waals surface area contributed by atoms with Crippen LogP contribution in [0.4, 0.5) is 0 Å². The molecule has 3 N–H and O–H groups in total. The number of hydrogen-bond acceptors (Lipinski definition) is 4. The Bertz CT molecular complexity index is 714. The molecular weight excluding hydrogens is 294 g/mol. The first-order valence-electron chi connectivity index (χ1n) is 7.05. The first kappa shape index (κ1) is 16.2. The first-order valence-corrected chi connectivity index (χ1v) is 7.05. The Balaban J connectivity index is 1.88. The average molecular weight is 311 g/mol. The number of nitrogens with zero attached hydrogens (tertiary/aromatic N) is 1.